The van der Waals surface area contributed by atoms with E-state index in [2.05, 4.69) is 5.32 Å². The van der Waals surface area contributed by atoms with Crippen molar-refractivity contribution in [1.82, 2.24) is 5.32 Å². The third kappa shape index (κ3) is 9.18. The number of rotatable bonds is 1. The Balaban J connectivity index is 3.78. The molecule has 0 aromatic heterocycles. The topological polar surface area (TPSA) is 38.3 Å². The largest absolute Gasteiger partial charge is 0.449 e. The van der Waals surface area contributed by atoms with Gasteiger partial charge in [-0.3, -0.25) is 0 Å². The monoisotopic (exact) mass is 187 g/mol. The van der Waals surface area contributed by atoms with E-state index in [0.29, 0.717) is 6.61 Å². The quantitative estimate of drug-likeness (QED) is 0.685. The van der Waals surface area contributed by atoms with Crippen LogP contribution < -0.4 is 5.32 Å². The van der Waals surface area contributed by atoms with Crippen molar-refractivity contribution in [1.29, 1.82) is 0 Å². The number of carbonyl (C=O) groups is 1. The minimum Gasteiger partial charge on any atom is -0.449 e. The lowest BCUT2D eigenvalue weighted by atomic mass is 9.99. The molecule has 0 aliphatic carbocycles. The Morgan fingerprint density at radius 1 is 1.15 bits per heavy atom. The average molecular weight is 187 g/mol. The minimum atomic E-state index is -0.345. The second-order valence-electron chi connectivity index (χ2n) is 5.51. The molecule has 0 radical (unpaired) electrons. The number of carbonyl (C=O) groups excluding carboxylic acids is 1. The van der Waals surface area contributed by atoms with Crippen LogP contribution in [0.4, 0.5) is 4.79 Å². The van der Waals surface area contributed by atoms with Crippen LogP contribution in [0.25, 0.3) is 0 Å². The van der Waals surface area contributed by atoms with E-state index in [-0.39, 0.29) is 17.0 Å². The van der Waals surface area contributed by atoms with Gasteiger partial charge in [0.1, 0.15) is 0 Å². The summed E-state index contributed by atoms with van der Waals surface area (Å²) in [7, 11) is 0. The maximum absolute atomic E-state index is 11.2. The zero-order valence-corrected chi connectivity index (χ0v) is 9.52. The molecule has 0 aromatic carbocycles. The van der Waals surface area contributed by atoms with E-state index in [1.807, 2.05) is 41.5 Å². The summed E-state index contributed by atoms with van der Waals surface area (Å²) >= 11 is 0. The molecule has 78 valence electrons. The van der Waals surface area contributed by atoms with E-state index in [4.69, 9.17) is 4.74 Å². The molecule has 0 spiro atoms. The van der Waals surface area contributed by atoms with Crippen LogP contribution in [0.15, 0.2) is 0 Å². The highest BCUT2D eigenvalue weighted by molar-refractivity contribution is 5.68. The fourth-order valence-electron chi connectivity index (χ4n) is 0.624. The predicted octanol–water partition coefficient (Wildman–Crippen LogP) is 2.56. The molecule has 3 heteroatoms. The summed E-state index contributed by atoms with van der Waals surface area (Å²) < 4.78 is 5.03. The summed E-state index contributed by atoms with van der Waals surface area (Å²) in [4.78, 5) is 11.2. The Hall–Kier alpha value is -0.730. The molecule has 0 unspecified atom stereocenters. The van der Waals surface area contributed by atoms with Gasteiger partial charge in [0.15, 0.2) is 0 Å². The summed E-state index contributed by atoms with van der Waals surface area (Å²) in [5.74, 6) is 0. The molecule has 13 heavy (non-hydrogen) atoms. The van der Waals surface area contributed by atoms with Crippen LogP contribution in [-0.2, 0) is 4.74 Å². The van der Waals surface area contributed by atoms with E-state index in [1.165, 1.54) is 0 Å². The highest BCUT2D eigenvalue weighted by Crippen LogP contribution is 2.13. The summed E-state index contributed by atoms with van der Waals surface area (Å²) in [6.45, 7) is 12.3. The SMILES string of the molecule is CC(C)(C)COC(=O)NC(C)(C)C. The fourth-order valence-corrected chi connectivity index (χ4v) is 0.624. The third-order valence-electron chi connectivity index (χ3n) is 1.11. The lowest BCUT2D eigenvalue weighted by Crippen LogP contribution is -2.41. The van der Waals surface area contributed by atoms with Crippen molar-refractivity contribution in [3.8, 4) is 0 Å². The molecule has 0 fully saturated rings. The number of alkyl carbamates (subject to hydrolysis) is 1. The Morgan fingerprint density at radius 3 is 1.92 bits per heavy atom. The van der Waals surface area contributed by atoms with Crippen LogP contribution in [0.1, 0.15) is 41.5 Å². The van der Waals surface area contributed by atoms with Gasteiger partial charge in [-0.1, -0.05) is 20.8 Å². The second kappa shape index (κ2) is 3.99. The van der Waals surface area contributed by atoms with Gasteiger partial charge < -0.3 is 10.1 Å². The zero-order chi connectivity index (χ0) is 10.7. The highest BCUT2D eigenvalue weighted by Gasteiger charge is 2.17. The molecule has 0 heterocycles. The molecular formula is C10H21NO2. The molecule has 1 amide bonds. The van der Waals surface area contributed by atoms with Crippen LogP contribution >= 0.6 is 0 Å². The molecule has 3 nitrogen and oxygen atoms in total. The number of ether oxygens (including phenoxy) is 1. The Kier molecular flexibility index (Phi) is 3.76. The van der Waals surface area contributed by atoms with Gasteiger partial charge in [0.05, 0.1) is 6.61 Å². The van der Waals surface area contributed by atoms with E-state index in [0.717, 1.165) is 0 Å². The third-order valence-corrected chi connectivity index (χ3v) is 1.11. The van der Waals surface area contributed by atoms with E-state index in [1.54, 1.807) is 0 Å². The van der Waals surface area contributed by atoms with Gasteiger partial charge in [0, 0.05) is 5.54 Å². The number of nitrogens with one attached hydrogen (secondary N) is 1. The molecule has 0 saturated heterocycles. The van der Waals surface area contributed by atoms with Crippen molar-refractivity contribution >= 4 is 6.09 Å². The first-order valence-electron chi connectivity index (χ1n) is 4.55. The van der Waals surface area contributed by atoms with E-state index < -0.39 is 0 Å². The predicted molar refractivity (Wildman–Crippen MR) is 53.7 cm³/mol. The molecular weight excluding hydrogens is 166 g/mol. The summed E-state index contributed by atoms with van der Waals surface area (Å²) in [6, 6.07) is 0. The maximum Gasteiger partial charge on any atom is 0.407 e. The summed E-state index contributed by atoms with van der Waals surface area (Å²) in [5, 5.41) is 2.73. The van der Waals surface area contributed by atoms with Gasteiger partial charge in [-0.2, -0.15) is 0 Å². The van der Waals surface area contributed by atoms with Gasteiger partial charge in [-0.15, -0.1) is 0 Å². The van der Waals surface area contributed by atoms with Crippen molar-refractivity contribution in [3.05, 3.63) is 0 Å². The first kappa shape index (κ1) is 12.3. The second-order valence-corrected chi connectivity index (χ2v) is 5.51. The Labute approximate surface area is 80.8 Å². The van der Waals surface area contributed by atoms with Gasteiger partial charge in [0.25, 0.3) is 0 Å². The molecule has 0 rings (SSSR count). The van der Waals surface area contributed by atoms with E-state index in [9.17, 15) is 4.79 Å². The van der Waals surface area contributed by atoms with Crippen LogP contribution in [-0.4, -0.2) is 18.2 Å². The number of hydrogen-bond donors (Lipinski definition) is 1. The smallest absolute Gasteiger partial charge is 0.407 e. The van der Waals surface area contributed by atoms with Crippen LogP contribution in [0.5, 0.6) is 0 Å². The minimum absolute atomic E-state index is 0.0230. The van der Waals surface area contributed by atoms with Crippen molar-refractivity contribution < 1.29 is 9.53 Å². The maximum atomic E-state index is 11.2. The molecule has 1 N–H and O–H groups in total. The van der Waals surface area contributed by atoms with E-state index >= 15 is 0 Å². The average Bonchev–Trinajstić information content (AvgIpc) is 1.78. The molecule has 0 aliphatic heterocycles. The van der Waals surface area contributed by atoms with Crippen molar-refractivity contribution in [2.24, 2.45) is 5.41 Å². The van der Waals surface area contributed by atoms with Gasteiger partial charge in [0.2, 0.25) is 0 Å². The lowest BCUT2D eigenvalue weighted by Gasteiger charge is -2.23. The van der Waals surface area contributed by atoms with Crippen LogP contribution in [0.3, 0.4) is 0 Å². The van der Waals surface area contributed by atoms with Gasteiger partial charge >= 0.3 is 6.09 Å². The fraction of sp³-hybridized carbons (Fsp3) is 0.900. The molecule has 0 saturated carbocycles. The molecule has 0 aliphatic rings. The highest BCUT2D eigenvalue weighted by atomic mass is 16.5. The molecule has 0 aromatic rings. The normalized spacial score (nSPS) is 12.5. The Morgan fingerprint density at radius 2 is 1.62 bits per heavy atom. The first-order chi connectivity index (χ1) is 5.60. The van der Waals surface area contributed by atoms with Crippen molar-refractivity contribution in [3.63, 3.8) is 0 Å². The molecule has 0 bridgehead atoms. The van der Waals surface area contributed by atoms with Gasteiger partial charge in [-0.25, -0.2) is 4.79 Å². The van der Waals surface area contributed by atoms with Crippen LogP contribution in [0, 0.1) is 5.41 Å². The lowest BCUT2D eigenvalue weighted by molar-refractivity contribution is 0.0999. The first-order valence-corrected chi connectivity index (χ1v) is 4.55. The van der Waals surface area contributed by atoms with Crippen molar-refractivity contribution in [2.75, 3.05) is 6.61 Å². The summed E-state index contributed by atoms with van der Waals surface area (Å²) in [6.07, 6.45) is -0.345. The van der Waals surface area contributed by atoms with Crippen molar-refractivity contribution in [2.45, 2.75) is 47.1 Å². The standard InChI is InChI=1S/C10H21NO2/c1-9(2,3)7-13-8(12)11-10(4,5)6/h7H2,1-6H3,(H,11,12). The number of hydrogen-bond acceptors (Lipinski definition) is 2. The van der Waals surface area contributed by atoms with Gasteiger partial charge in [-0.05, 0) is 26.2 Å². The Bertz CT molecular complexity index is 174. The molecule has 0 atom stereocenters. The van der Waals surface area contributed by atoms with Crippen LogP contribution in [0.2, 0.25) is 0 Å². The number of amides is 1. The summed E-state index contributed by atoms with van der Waals surface area (Å²) in [5.41, 5.74) is -0.204. The zero-order valence-electron chi connectivity index (χ0n) is 9.52.